The van der Waals surface area contributed by atoms with Crippen LogP contribution < -0.4 is 10.5 Å². The van der Waals surface area contributed by atoms with E-state index in [0.29, 0.717) is 22.7 Å². The fraction of sp³-hybridized carbons (Fsp3) is 0.0645. The number of hydrogen-bond donors (Lipinski definition) is 0. The lowest BCUT2D eigenvalue weighted by molar-refractivity contribution is 0.409. The summed E-state index contributed by atoms with van der Waals surface area (Å²) in [4.78, 5) is 20.8. The van der Waals surface area contributed by atoms with Gasteiger partial charge in [0.05, 0.1) is 7.11 Å². The van der Waals surface area contributed by atoms with Crippen molar-refractivity contribution in [3.05, 3.63) is 125 Å². The zero-order valence-electron chi connectivity index (χ0n) is 20.0. The number of ether oxygens (including phenoxy) is 1. The SMILES string of the molecule is COc1cc2oc(-c3ccccc3)c(-c3ccccc3)c2cc1Cc1nc(-c2ccccc2)oc(=O)n1. The number of methoxy groups -OCH3 is 1. The van der Waals surface area contributed by atoms with Crippen LogP contribution in [-0.2, 0) is 6.42 Å². The van der Waals surface area contributed by atoms with Crippen molar-refractivity contribution in [2.75, 3.05) is 7.11 Å². The van der Waals surface area contributed by atoms with Crippen LogP contribution in [0.15, 0.2) is 117 Å². The van der Waals surface area contributed by atoms with E-state index in [-0.39, 0.29) is 12.3 Å². The lowest BCUT2D eigenvalue weighted by Crippen LogP contribution is -2.12. The van der Waals surface area contributed by atoms with Crippen LogP contribution in [0.25, 0.3) is 44.9 Å². The van der Waals surface area contributed by atoms with E-state index in [1.807, 2.05) is 91.0 Å². The molecule has 2 heterocycles. The summed E-state index contributed by atoms with van der Waals surface area (Å²) in [6, 6.07) is 33.4. The van der Waals surface area contributed by atoms with Crippen molar-refractivity contribution in [1.29, 1.82) is 0 Å². The number of rotatable bonds is 6. The first-order chi connectivity index (χ1) is 18.2. The first kappa shape index (κ1) is 22.5. The van der Waals surface area contributed by atoms with Crippen LogP contribution >= 0.6 is 0 Å². The average Bonchev–Trinajstić information content (AvgIpc) is 3.32. The molecule has 2 aromatic heterocycles. The van der Waals surface area contributed by atoms with Gasteiger partial charge >= 0.3 is 5.76 Å². The van der Waals surface area contributed by atoms with E-state index < -0.39 is 5.76 Å². The van der Waals surface area contributed by atoms with Gasteiger partial charge in [-0.3, -0.25) is 0 Å². The third kappa shape index (κ3) is 4.41. The Labute approximate surface area is 212 Å². The van der Waals surface area contributed by atoms with Crippen LogP contribution in [0.4, 0.5) is 0 Å². The number of aromatic nitrogens is 2. The number of nitrogens with zero attached hydrogens (tertiary/aromatic N) is 2. The second-order valence-corrected chi connectivity index (χ2v) is 8.55. The normalized spacial score (nSPS) is 11.1. The molecule has 0 saturated heterocycles. The monoisotopic (exact) mass is 486 g/mol. The van der Waals surface area contributed by atoms with Crippen LogP contribution in [0, 0.1) is 0 Å². The summed E-state index contributed by atoms with van der Waals surface area (Å²) < 4.78 is 17.4. The summed E-state index contributed by atoms with van der Waals surface area (Å²) in [5, 5.41) is 0.937. The lowest BCUT2D eigenvalue weighted by atomic mass is 9.97. The molecule has 4 aromatic carbocycles. The van der Waals surface area contributed by atoms with Gasteiger partial charge in [0.15, 0.2) is 0 Å². The first-order valence-electron chi connectivity index (χ1n) is 11.9. The zero-order chi connectivity index (χ0) is 25.2. The van der Waals surface area contributed by atoms with Gasteiger partial charge < -0.3 is 13.6 Å². The molecule has 0 unspecified atom stereocenters. The second kappa shape index (κ2) is 9.59. The van der Waals surface area contributed by atoms with Crippen molar-refractivity contribution in [1.82, 2.24) is 9.97 Å². The highest BCUT2D eigenvalue weighted by atomic mass is 16.5. The molecule has 6 heteroatoms. The van der Waals surface area contributed by atoms with Crippen LogP contribution in [0.1, 0.15) is 11.4 Å². The van der Waals surface area contributed by atoms with E-state index in [4.69, 9.17) is 13.6 Å². The maximum absolute atomic E-state index is 12.3. The van der Waals surface area contributed by atoms with Crippen LogP contribution in [0.5, 0.6) is 5.75 Å². The Kier molecular flexibility index (Phi) is 5.83. The molecular formula is C31H22N2O4. The fourth-order valence-corrected chi connectivity index (χ4v) is 4.51. The number of furan rings is 1. The number of hydrogen-bond acceptors (Lipinski definition) is 6. The second-order valence-electron chi connectivity index (χ2n) is 8.55. The van der Waals surface area contributed by atoms with Gasteiger partial charge in [-0.15, -0.1) is 0 Å². The molecule has 6 nitrogen and oxygen atoms in total. The predicted molar refractivity (Wildman–Crippen MR) is 142 cm³/mol. The topological polar surface area (TPSA) is 78.4 Å². The Hall–Kier alpha value is -4.97. The van der Waals surface area contributed by atoms with Crippen LogP contribution in [0.3, 0.4) is 0 Å². The lowest BCUT2D eigenvalue weighted by Gasteiger charge is -2.09. The maximum atomic E-state index is 12.3. The number of fused-ring (bicyclic) bond motifs is 1. The van der Waals surface area contributed by atoms with Crippen molar-refractivity contribution in [2.45, 2.75) is 6.42 Å². The molecule has 0 aliphatic rings. The van der Waals surface area contributed by atoms with Gasteiger partial charge in [0.25, 0.3) is 0 Å². The van der Waals surface area contributed by atoms with E-state index in [2.05, 4.69) is 22.1 Å². The van der Waals surface area contributed by atoms with Crippen molar-refractivity contribution in [2.24, 2.45) is 0 Å². The Morgan fingerprint density at radius 3 is 2.00 bits per heavy atom. The molecule has 0 aliphatic carbocycles. The summed E-state index contributed by atoms with van der Waals surface area (Å²) in [6.07, 6.45) is 0.282. The Bertz CT molecular complexity index is 1740. The molecular weight excluding hydrogens is 464 g/mol. The number of benzene rings is 4. The van der Waals surface area contributed by atoms with Crippen molar-refractivity contribution >= 4 is 11.0 Å². The van der Waals surface area contributed by atoms with Gasteiger partial charge in [-0.2, -0.15) is 9.97 Å². The quantitative estimate of drug-likeness (QED) is 0.258. The van der Waals surface area contributed by atoms with E-state index in [0.717, 1.165) is 33.4 Å². The van der Waals surface area contributed by atoms with E-state index in [1.54, 1.807) is 7.11 Å². The molecule has 6 rings (SSSR count). The molecule has 0 saturated carbocycles. The highest BCUT2D eigenvalue weighted by Crippen LogP contribution is 2.43. The maximum Gasteiger partial charge on any atom is 0.442 e. The van der Waals surface area contributed by atoms with Gasteiger partial charge in [-0.25, -0.2) is 4.79 Å². The highest BCUT2D eigenvalue weighted by Gasteiger charge is 2.21. The molecule has 6 aromatic rings. The van der Waals surface area contributed by atoms with Gasteiger partial charge in [0.2, 0.25) is 5.89 Å². The van der Waals surface area contributed by atoms with Crippen molar-refractivity contribution < 1.29 is 13.6 Å². The summed E-state index contributed by atoms with van der Waals surface area (Å²) >= 11 is 0. The molecule has 180 valence electrons. The minimum atomic E-state index is -0.691. The minimum Gasteiger partial charge on any atom is -0.496 e. The molecule has 0 N–H and O–H groups in total. The Morgan fingerprint density at radius 1 is 0.730 bits per heavy atom. The third-order valence-corrected chi connectivity index (χ3v) is 6.19. The van der Waals surface area contributed by atoms with Gasteiger partial charge in [0, 0.05) is 40.1 Å². The van der Waals surface area contributed by atoms with Crippen molar-refractivity contribution in [3.8, 4) is 39.7 Å². The fourth-order valence-electron chi connectivity index (χ4n) is 4.51. The highest BCUT2D eigenvalue weighted by molar-refractivity contribution is 6.02. The first-order valence-corrected chi connectivity index (χ1v) is 11.9. The molecule has 0 fully saturated rings. The molecule has 0 amide bonds. The zero-order valence-corrected chi connectivity index (χ0v) is 20.0. The average molecular weight is 487 g/mol. The largest absolute Gasteiger partial charge is 0.496 e. The molecule has 37 heavy (non-hydrogen) atoms. The van der Waals surface area contributed by atoms with E-state index >= 15 is 0 Å². The smallest absolute Gasteiger partial charge is 0.442 e. The summed E-state index contributed by atoms with van der Waals surface area (Å²) in [5.74, 6) is 1.29. The van der Waals surface area contributed by atoms with Gasteiger partial charge in [-0.05, 0) is 23.8 Å². The van der Waals surface area contributed by atoms with Crippen LogP contribution in [-0.4, -0.2) is 17.1 Å². The van der Waals surface area contributed by atoms with Crippen LogP contribution in [0.2, 0.25) is 0 Å². The standard InChI is InChI=1S/C31H22N2O4/c1-35-25-19-26-24(28(20-11-5-2-6-12-20)29(36-26)21-13-7-3-8-14-21)17-23(25)18-27-32-30(37-31(34)33-27)22-15-9-4-10-16-22/h2-17,19H,18H2,1H3. The minimum absolute atomic E-state index is 0.232. The van der Waals surface area contributed by atoms with Crippen molar-refractivity contribution in [3.63, 3.8) is 0 Å². The van der Waals surface area contributed by atoms with Gasteiger partial charge in [0.1, 0.15) is 22.9 Å². The van der Waals surface area contributed by atoms with Gasteiger partial charge in [-0.1, -0.05) is 78.9 Å². The molecule has 0 aliphatic heterocycles. The summed E-state index contributed by atoms with van der Waals surface area (Å²) in [7, 11) is 1.61. The molecule has 0 spiro atoms. The third-order valence-electron chi connectivity index (χ3n) is 6.19. The molecule has 0 bridgehead atoms. The Morgan fingerprint density at radius 2 is 1.35 bits per heavy atom. The van der Waals surface area contributed by atoms with E-state index in [9.17, 15) is 4.79 Å². The molecule has 0 atom stereocenters. The Balaban J connectivity index is 1.51. The summed E-state index contributed by atoms with van der Waals surface area (Å²) in [6.45, 7) is 0. The van der Waals surface area contributed by atoms with E-state index in [1.165, 1.54) is 0 Å². The summed E-state index contributed by atoms with van der Waals surface area (Å²) in [5.41, 5.74) is 5.26. The molecule has 0 radical (unpaired) electrons. The predicted octanol–water partition coefficient (Wildman–Crippen LogP) is 6.78.